The average Bonchev–Trinajstić information content (AvgIpc) is 3.26. The maximum Gasteiger partial charge on any atom is 0.258 e. The topological polar surface area (TPSA) is 113 Å². The van der Waals surface area contributed by atoms with Crippen LogP contribution in [-0.4, -0.2) is 29.3 Å². The van der Waals surface area contributed by atoms with E-state index >= 15 is 0 Å². The van der Waals surface area contributed by atoms with Gasteiger partial charge in [-0.1, -0.05) is 17.8 Å². The normalized spacial score (nSPS) is 11.5. The highest BCUT2D eigenvalue weighted by atomic mass is 32.2. The molecule has 1 aliphatic heterocycles. The molecule has 0 spiro atoms. The minimum absolute atomic E-state index is 0.0651. The fraction of sp³-hybridized carbons (Fsp3) is 0.0909. The van der Waals surface area contributed by atoms with Gasteiger partial charge in [-0.25, -0.2) is 4.98 Å². The van der Waals surface area contributed by atoms with Gasteiger partial charge in [-0.05, 0) is 42.5 Å². The molecule has 0 bridgehead atoms. The number of ether oxygens (including phenoxy) is 2. The van der Waals surface area contributed by atoms with Crippen molar-refractivity contribution >= 4 is 35.0 Å². The van der Waals surface area contributed by atoms with E-state index in [4.69, 9.17) is 14.7 Å². The van der Waals surface area contributed by atoms with Gasteiger partial charge in [0, 0.05) is 23.6 Å². The molecule has 0 fully saturated rings. The van der Waals surface area contributed by atoms with Crippen LogP contribution in [0.25, 0.3) is 0 Å². The van der Waals surface area contributed by atoms with Gasteiger partial charge >= 0.3 is 0 Å². The number of hydrogen-bond donors (Lipinski definition) is 2. The number of nitriles is 1. The van der Waals surface area contributed by atoms with Gasteiger partial charge in [0.25, 0.3) is 5.91 Å². The van der Waals surface area contributed by atoms with Crippen molar-refractivity contribution in [2.24, 2.45) is 0 Å². The second-order valence-corrected chi connectivity index (χ2v) is 7.37. The van der Waals surface area contributed by atoms with Gasteiger partial charge in [-0.3, -0.25) is 9.59 Å². The molecule has 154 valence electrons. The van der Waals surface area contributed by atoms with Crippen LogP contribution < -0.4 is 20.1 Å². The predicted octanol–water partition coefficient (Wildman–Crippen LogP) is 3.67. The zero-order chi connectivity index (χ0) is 21.6. The number of thioether (sulfide) groups is 1. The van der Waals surface area contributed by atoms with Gasteiger partial charge in [0.1, 0.15) is 5.03 Å². The summed E-state index contributed by atoms with van der Waals surface area (Å²) in [7, 11) is 0. The molecule has 0 saturated carbocycles. The number of nitrogens with one attached hydrogen (secondary N) is 2. The summed E-state index contributed by atoms with van der Waals surface area (Å²) in [5.74, 6) is 0.659. The zero-order valence-corrected chi connectivity index (χ0v) is 16.9. The number of hydrogen-bond acceptors (Lipinski definition) is 7. The lowest BCUT2D eigenvalue weighted by atomic mass is 10.2. The Labute approximate surface area is 182 Å². The standard InChI is InChI=1S/C22H16N4O4S/c23-11-14-3-1-4-15(9-14)26-21(28)17-5-2-8-24-22(17)31-12-20(27)25-16-6-7-18-19(10-16)30-13-29-18/h1-10H,12-13H2,(H,25,27)(H,26,28). The summed E-state index contributed by atoms with van der Waals surface area (Å²) in [5, 5.41) is 15.0. The van der Waals surface area contributed by atoms with E-state index in [0.717, 1.165) is 11.8 Å². The van der Waals surface area contributed by atoms with Crippen molar-refractivity contribution in [3.63, 3.8) is 0 Å². The van der Waals surface area contributed by atoms with Crippen molar-refractivity contribution in [3.05, 3.63) is 71.9 Å². The second kappa shape index (κ2) is 9.19. The van der Waals surface area contributed by atoms with Gasteiger partial charge < -0.3 is 20.1 Å². The molecular formula is C22H16N4O4S. The van der Waals surface area contributed by atoms with Crippen molar-refractivity contribution < 1.29 is 19.1 Å². The molecule has 1 aliphatic rings. The van der Waals surface area contributed by atoms with Crippen LogP contribution in [0.1, 0.15) is 15.9 Å². The minimum atomic E-state index is -0.373. The van der Waals surface area contributed by atoms with Gasteiger partial charge in [0.05, 0.1) is 22.9 Å². The lowest BCUT2D eigenvalue weighted by Gasteiger charge is -2.10. The smallest absolute Gasteiger partial charge is 0.258 e. The summed E-state index contributed by atoms with van der Waals surface area (Å²) in [4.78, 5) is 29.3. The van der Waals surface area contributed by atoms with Crippen LogP contribution in [0.4, 0.5) is 11.4 Å². The highest BCUT2D eigenvalue weighted by Gasteiger charge is 2.16. The molecule has 1 aromatic heterocycles. The number of nitrogens with zero attached hydrogens (tertiary/aromatic N) is 2. The van der Waals surface area contributed by atoms with E-state index in [1.165, 1.54) is 0 Å². The molecule has 0 aliphatic carbocycles. The maximum atomic E-state index is 12.7. The number of carbonyl (C=O) groups excluding carboxylic acids is 2. The van der Waals surface area contributed by atoms with E-state index in [2.05, 4.69) is 15.6 Å². The molecule has 4 rings (SSSR count). The van der Waals surface area contributed by atoms with E-state index in [1.807, 2.05) is 6.07 Å². The molecule has 31 heavy (non-hydrogen) atoms. The third-order valence-corrected chi connectivity index (χ3v) is 5.27. The van der Waals surface area contributed by atoms with Gasteiger partial charge in [0.15, 0.2) is 11.5 Å². The number of carbonyl (C=O) groups is 2. The Morgan fingerprint density at radius 2 is 1.87 bits per heavy atom. The van der Waals surface area contributed by atoms with E-state index in [1.54, 1.807) is 60.8 Å². The highest BCUT2D eigenvalue weighted by Crippen LogP contribution is 2.34. The molecule has 0 atom stereocenters. The fourth-order valence-electron chi connectivity index (χ4n) is 2.85. The summed E-state index contributed by atoms with van der Waals surface area (Å²) < 4.78 is 10.6. The largest absolute Gasteiger partial charge is 0.454 e. The number of anilines is 2. The van der Waals surface area contributed by atoms with Gasteiger partial charge in [-0.15, -0.1) is 0 Å². The minimum Gasteiger partial charge on any atom is -0.454 e. The fourth-order valence-corrected chi connectivity index (χ4v) is 3.64. The van der Waals surface area contributed by atoms with Crippen LogP contribution in [-0.2, 0) is 4.79 Å². The second-order valence-electron chi connectivity index (χ2n) is 6.41. The van der Waals surface area contributed by atoms with Crippen LogP contribution in [0, 0.1) is 11.3 Å². The van der Waals surface area contributed by atoms with Gasteiger partial charge in [-0.2, -0.15) is 5.26 Å². The first-order chi connectivity index (χ1) is 15.1. The van der Waals surface area contributed by atoms with Crippen molar-refractivity contribution in [3.8, 4) is 17.6 Å². The molecule has 8 nitrogen and oxygen atoms in total. The number of benzene rings is 2. The van der Waals surface area contributed by atoms with Crippen LogP contribution in [0.15, 0.2) is 65.8 Å². The van der Waals surface area contributed by atoms with Crippen molar-refractivity contribution in [2.75, 3.05) is 23.2 Å². The summed E-state index contributed by atoms with van der Waals surface area (Å²) in [6.45, 7) is 0.161. The van der Waals surface area contributed by atoms with E-state index < -0.39 is 0 Å². The number of aromatic nitrogens is 1. The molecule has 3 aromatic rings. The third-order valence-electron chi connectivity index (χ3n) is 4.26. The van der Waals surface area contributed by atoms with Crippen LogP contribution in [0.2, 0.25) is 0 Å². The Hall–Kier alpha value is -4.03. The lowest BCUT2D eigenvalue weighted by Crippen LogP contribution is -2.16. The highest BCUT2D eigenvalue weighted by molar-refractivity contribution is 8.00. The van der Waals surface area contributed by atoms with Gasteiger partial charge in [0.2, 0.25) is 12.7 Å². The summed E-state index contributed by atoms with van der Waals surface area (Å²) in [6.07, 6.45) is 1.56. The molecule has 2 N–H and O–H groups in total. The third kappa shape index (κ3) is 4.94. The van der Waals surface area contributed by atoms with Crippen LogP contribution in [0.3, 0.4) is 0 Å². The van der Waals surface area contributed by atoms with Crippen LogP contribution >= 0.6 is 11.8 Å². The van der Waals surface area contributed by atoms with Crippen LogP contribution in [0.5, 0.6) is 11.5 Å². The molecular weight excluding hydrogens is 416 g/mol. The predicted molar refractivity (Wildman–Crippen MR) is 115 cm³/mol. The van der Waals surface area contributed by atoms with E-state index in [0.29, 0.717) is 39.0 Å². The zero-order valence-electron chi connectivity index (χ0n) is 16.1. The Morgan fingerprint density at radius 3 is 2.74 bits per heavy atom. The molecule has 2 heterocycles. The lowest BCUT2D eigenvalue weighted by molar-refractivity contribution is -0.113. The number of pyridine rings is 1. The van der Waals surface area contributed by atoms with Crippen molar-refractivity contribution in [1.29, 1.82) is 5.26 Å². The molecule has 0 saturated heterocycles. The molecule has 0 radical (unpaired) electrons. The SMILES string of the molecule is N#Cc1cccc(NC(=O)c2cccnc2SCC(=O)Nc2ccc3c(c2)OCO3)c1. The van der Waals surface area contributed by atoms with E-state index in [9.17, 15) is 9.59 Å². The Kier molecular flexibility index (Phi) is 6.01. The summed E-state index contributed by atoms with van der Waals surface area (Å²) >= 11 is 1.15. The Bertz CT molecular complexity index is 1190. The Morgan fingerprint density at radius 1 is 1.03 bits per heavy atom. The Balaban J connectivity index is 1.39. The number of rotatable bonds is 6. The quantitative estimate of drug-likeness (QED) is 0.572. The first-order valence-corrected chi connectivity index (χ1v) is 10.2. The molecule has 2 aromatic carbocycles. The van der Waals surface area contributed by atoms with Crippen molar-refractivity contribution in [2.45, 2.75) is 5.03 Å². The molecule has 9 heteroatoms. The number of amides is 2. The van der Waals surface area contributed by atoms with Crippen molar-refractivity contribution in [1.82, 2.24) is 4.98 Å². The monoisotopic (exact) mass is 432 g/mol. The molecule has 2 amide bonds. The number of fused-ring (bicyclic) bond motifs is 1. The summed E-state index contributed by atoms with van der Waals surface area (Å²) in [6, 6.07) is 17.1. The van der Waals surface area contributed by atoms with E-state index in [-0.39, 0.29) is 24.4 Å². The first kappa shape index (κ1) is 20.3. The first-order valence-electron chi connectivity index (χ1n) is 9.21. The average molecular weight is 432 g/mol. The summed E-state index contributed by atoms with van der Waals surface area (Å²) in [5.41, 5.74) is 1.88. The maximum absolute atomic E-state index is 12.7. The molecule has 0 unspecified atom stereocenters.